The summed E-state index contributed by atoms with van der Waals surface area (Å²) in [5.41, 5.74) is 3.16. The maximum absolute atomic E-state index is 11.8. The van der Waals surface area contributed by atoms with Gasteiger partial charge in [0.2, 0.25) is 0 Å². The Hall–Kier alpha value is -2.54. The molecule has 2 aromatic carbocycles. The highest BCUT2D eigenvalue weighted by Gasteiger charge is 2.53. The molecule has 3 aromatic rings. The van der Waals surface area contributed by atoms with Gasteiger partial charge in [-0.05, 0) is 80.7 Å². The Kier molecular flexibility index (Phi) is 5.40. The van der Waals surface area contributed by atoms with E-state index in [9.17, 15) is 9.90 Å². The molecule has 192 valence electrons. The summed E-state index contributed by atoms with van der Waals surface area (Å²) in [4.78, 5) is 14.1. The number of piperidine rings is 1. The number of fused-ring (bicyclic) bond motifs is 2. The van der Waals surface area contributed by atoms with Gasteiger partial charge in [-0.25, -0.2) is 0 Å². The average molecular weight is 539 g/mol. The minimum Gasteiger partial charge on any atom is -0.481 e. The Morgan fingerprint density at radius 3 is 2.43 bits per heavy atom. The van der Waals surface area contributed by atoms with Gasteiger partial charge in [0.15, 0.2) is 0 Å². The lowest BCUT2D eigenvalue weighted by atomic mass is 9.95. The van der Waals surface area contributed by atoms with E-state index >= 15 is 0 Å². The van der Waals surface area contributed by atoms with Gasteiger partial charge in [-0.2, -0.15) is 0 Å². The molecule has 1 aliphatic heterocycles. The van der Waals surface area contributed by atoms with E-state index in [-0.39, 0.29) is 0 Å². The topological polar surface area (TPSA) is 75.8 Å². The van der Waals surface area contributed by atoms with E-state index in [0.717, 1.165) is 61.2 Å². The van der Waals surface area contributed by atoms with Gasteiger partial charge in [0.25, 0.3) is 0 Å². The van der Waals surface area contributed by atoms with E-state index in [0.29, 0.717) is 52.6 Å². The third kappa shape index (κ3) is 3.79. The maximum Gasteiger partial charge on any atom is 0.314 e. The molecule has 7 rings (SSSR count). The number of hydrogen-bond donors (Lipinski definition) is 1. The lowest BCUT2D eigenvalue weighted by molar-refractivity contribution is -0.140. The zero-order valence-corrected chi connectivity index (χ0v) is 21.9. The van der Waals surface area contributed by atoms with Crippen molar-refractivity contribution < 1.29 is 19.2 Å². The van der Waals surface area contributed by atoms with Crippen LogP contribution in [0.3, 0.4) is 0 Å². The number of hydrogen-bond acceptors (Lipinski definition) is 5. The highest BCUT2D eigenvalue weighted by molar-refractivity contribution is 6.39. The Labute approximate surface area is 225 Å². The number of carbonyl (C=O) groups is 1. The van der Waals surface area contributed by atoms with Crippen molar-refractivity contribution in [1.82, 2.24) is 5.16 Å². The van der Waals surface area contributed by atoms with Gasteiger partial charge < -0.3 is 19.3 Å². The SMILES string of the molecule is O=C(O)C1(c2ccc(N3C[C@H]4CC[C@]3(OCc3c(-c5c(Cl)cccc5Cl)noc3C3CC3)C4)cc2)CC1. The molecule has 8 heteroatoms. The van der Waals surface area contributed by atoms with Crippen LogP contribution < -0.4 is 4.90 Å². The minimum atomic E-state index is -0.727. The van der Waals surface area contributed by atoms with Crippen molar-refractivity contribution in [2.75, 3.05) is 11.4 Å². The third-order valence-corrected chi connectivity index (χ3v) is 9.46. The van der Waals surface area contributed by atoms with E-state index in [4.69, 9.17) is 32.5 Å². The minimum absolute atomic E-state index is 0.367. The molecule has 1 aromatic heterocycles. The molecule has 4 fully saturated rings. The van der Waals surface area contributed by atoms with E-state index < -0.39 is 17.1 Å². The second-order valence-electron chi connectivity index (χ2n) is 11.1. The van der Waals surface area contributed by atoms with Gasteiger partial charge >= 0.3 is 5.97 Å². The first-order valence-corrected chi connectivity index (χ1v) is 13.8. The quantitative estimate of drug-likeness (QED) is 0.327. The number of aromatic nitrogens is 1. The number of carboxylic acids is 1. The molecule has 1 saturated heterocycles. The van der Waals surface area contributed by atoms with Crippen LogP contribution in [0, 0.1) is 5.92 Å². The van der Waals surface area contributed by atoms with Crippen molar-refractivity contribution in [3.8, 4) is 11.3 Å². The van der Waals surface area contributed by atoms with Crippen LogP contribution in [0.1, 0.15) is 67.8 Å². The number of benzene rings is 2. The first-order valence-electron chi connectivity index (χ1n) is 13.1. The van der Waals surface area contributed by atoms with Gasteiger partial charge in [0.1, 0.15) is 17.2 Å². The maximum atomic E-state index is 11.8. The van der Waals surface area contributed by atoms with Gasteiger partial charge in [0.05, 0.1) is 22.1 Å². The number of aliphatic carboxylic acids is 1. The molecule has 0 radical (unpaired) electrons. The molecule has 2 bridgehead atoms. The highest BCUT2D eigenvalue weighted by Crippen LogP contribution is 2.52. The molecule has 2 heterocycles. The molecule has 37 heavy (non-hydrogen) atoms. The fourth-order valence-electron chi connectivity index (χ4n) is 6.43. The molecule has 0 amide bonds. The third-order valence-electron chi connectivity index (χ3n) is 8.83. The summed E-state index contributed by atoms with van der Waals surface area (Å²) in [5, 5.41) is 15.2. The Bertz CT molecular complexity index is 1360. The Morgan fingerprint density at radius 1 is 1.08 bits per heavy atom. The van der Waals surface area contributed by atoms with Crippen LogP contribution in [0.4, 0.5) is 5.69 Å². The molecule has 1 N–H and O–H groups in total. The second kappa shape index (κ2) is 8.48. The van der Waals surface area contributed by atoms with Crippen LogP contribution in [0.15, 0.2) is 47.0 Å². The Morgan fingerprint density at radius 2 is 1.81 bits per heavy atom. The Balaban J connectivity index is 1.18. The highest BCUT2D eigenvalue weighted by atomic mass is 35.5. The van der Waals surface area contributed by atoms with Crippen LogP contribution >= 0.6 is 23.2 Å². The lowest BCUT2D eigenvalue weighted by Crippen LogP contribution is -2.47. The summed E-state index contributed by atoms with van der Waals surface area (Å²) in [6.45, 7) is 1.31. The van der Waals surface area contributed by atoms with E-state index in [1.165, 1.54) is 0 Å². The second-order valence-corrected chi connectivity index (χ2v) is 11.9. The number of halogens is 2. The predicted octanol–water partition coefficient (Wildman–Crippen LogP) is 7.18. The predicted molar refractivity (Wildman–Crippen MR) is 141 cm³/mol. The smallest absolute Gasteiger partial charge is 0.314 e. The standard InChI is InChI=1S/C29H28Cl2N2O4/c30-22-2-1-3-23(31)24(22)25-21(26(37-32-25)18-4-5-18)16-36-29-11-10-17(14-29)15-33(29)20-8-6-19(7-9-20)28(12-13-28)27(34)35/h1-3,6-9,17-18H,4-5,10-16H2,(H,34,35)/t17-,29-/m0/s1. The monoisotopic (exact) mass is 538 g/mol. The first-order chi connectivity index (χ1) is 17.9. The number of ether oxygens (including phenoxy) is 1. The van der Waals surface area contributed by atoms with Crippen molar-refractivity contribution in [3.63, 3.8) is 0 Å². The molecule has 0 unspecified atom stereocenters. The molecule has 3 saturated carbocycles. The summed E-state index contributed by atoms with van der Waals surface area (Å²) < 4.78 is 12.7. The van der Waals surface area contributed by atoms with Gasteiger partial charge in [0, 0.05) is 29.3 Å². The zero-order chi connectivity index (χ0) is 25.4. The normalized spacial score (nSPS) is 25.6. The van der Waals surface area contributed by atoms with Crippen LogP contribution in [0.25, 0.3) is 11.3 Å². The average Bonchev–Trinajstić information content (AvgIpc) is 3.80. The molecule has 3 aliphatic carbocycles. The van der Waals surface area contributed by atoms with E-state index in [1.54, 1.807) is 0 Å². The van der Waals surface area contributed by atoms with Gasteiger partial charge in [-0.3, -0.25) is 4.79 Å². The summed E-state index contributed by atoms with van der Waals surface area (Å²) in [7, 11) is 0. The number of nitrogens with zero attached hydrogens (tertiary/aromatic N) is 2. The molecular formula is C29H28Cl2N2O4. The summed E-state index contributed by atoms with van der Waals surface area (Å²) >= 11 is 13.1. The van der Waals surface area contributed by atoms with Crippen molar-refractivity contribution in [2.45, 2.75) is 68.6 Å². The molecule has 0 spiro atoms. The molecule has 2 atom stereocenters. The van der Waals surface area contributed by atoms with E-state index in [1.807, 2.05) is 30.3 Å². The zero-order valence-electron chi connectivity index (χ0n) is 20.4. The fourth-order valence-corrected chi connectivity index (χ4v) is 7.00. The van der Waals surface area contributed by atoms with Crippen LogP contribution in [-0.2, 0) is 21.6 Å². The van der Waals surface area contributed by atoms with E-state index in [2.05, 4.69) is 22.2 Å². The van der Waals surface area contributed by atoms with Crippen LogP contribution in [0.5, 0.6) is 0 Å². The van der Waals surface area contributed by atoms with Gasteiger partial charge in [-0.15, -0.1) is 0 Å². The van der Waals surface area contributed by atoms with Crippen molar-refractivity contribution in [3.05, 3.63) is 69.4 Å². The summed E-state index contributed by atoms with van der Waals surface area (Å²) in [5.74, 6) is 1.10. The summed E-state index contributed by atoms with van der Waals surface area (Å²) in [6.07, 6.45) is 6.65. The molecular weight excluding hydrogens is 511 g/mol. The molecule has 4 aliphatic rings. The van der Waals surface area contributed by atoms with Gasteiger partial charge in [-0.1, -0.05) is 46.6 Å². The van der Waals surface area contributed by atoms with Crippen molar-refractivity contribution >= 4 is 34.9 Å². The number of carboxylic acid groups (broad SMARTS) is 1. The fraction of sp³-hybridized carbons (Fsp3) is 0.448. The van der Waals surface area contributed by atoms with Crippen molar-refractivity contribution in [2.24, 2.45) is 5.92 Å². The molecule has 6 nitrogen and oxygen atoms in total. The largest absolute Gasteiger partial charge is 0.481 e. The first kappa shape index (κ1) is 23.6. The van der Waals surface area contributed by atoms with Crippen LogP contribution in [0.2, 0.25) is 10.0 Å². The lowest BCUT2D eigenvalue weighted by Gasteiger charge is -2.40. The number of rotatable bonds is 8. The summed E-state index contributed by atoms with van der Waals surface area (Å²) in [6, 6.07) is 13.6. The van der Waals surface area contributed by atoms with Crippen LogP contribution in [-0.4, -0.2) is 28.5 Å². The van der Waals surface area contributed by atoms with Crippen molar-refractivity contribution in [1.29, 1.82) is 0 Å². The number of anilines is 1.